The molecular formula is C70H85FN6O19. The van der Waals surface area contributed by atoms with E-state index < -0.39 is 122 Å². The third kappa shape index (κ3) is 18.7. The molecule has 96 heavy (non-hydrogen) atoms. The number of rotatable bonds is 30. The molecule has 6 aromatic rings. The molecule has 0 radical (unpaired) electrons. The average molecular weight is 1330 g/mol. The van der Waals surface area contributed by atoms with Crippen molar-refractivity contribution in [2.24, 2.45) is 11.8 Å². The second-order valence-electron chi connectivity index (χ2n) is 25.1. The number of hydrogen-bond acceptors (Lipinski definition) is 21. The van der Waals surface area contributed by atoms with E-state index in [1.165, 1.54) is 48.1 Å². The summed E-state index contributed by atoms with van der Waals surface area (Å²) in [6.45, 7) is 2.61. The highest BCUT2D eigenvalue weighted by molar-refractivity contribution is 5.95. The van der Waals surface area contributed by atoms with Crippen LogP contribution in [0, 0.1) is 24.6 Å². The lowest BCUT2D eigenvalue weighted by molar-refractivity contribution is -0.348. The van der Waals surface area contributed by atoms with Crippen molar-refractivity contribution in [2.75, 3.05) is 50.2 Å². The van der Waals surface area contributed by atoms with Gasteiger partial charge in [-0.2, -0.15) is 0 Å². The summed E-state index contributed by atoms with van der Waals surface area (Å²) in [6.07, 6.45) is -15.5. The van der Waals surface area contributed by atoms with E-state index in [0.29, 0.717) is 17.8 Å². The number of anilines is 2. The van der Waals surface area contributed by atoms with E-state index in [0.717, 1.165) is 59.7 Å². The molecule has 0 bridgehead atoms. The molecule has 25 nitrogen and oxygen atoms in total. The number of aliphatic hydroxyl groups excluding tert-OH is 5. The molecular weight excluding hydrogens is 1250 g/mol. The molecule has 2 amide bonds. The van der Waals surface area contributed by atoms with Gasteiger partial charge in [-0.25, -0.2) is 18.7 Å². The minimum Gasteiger partial charge on any atom is -0.479 e. The summed E-state index contributed by atoms with van der Waals surface area (Å²) >= 11 is 0. The van der Waals surface area contributed by atoms with Crippen LogP contribution in [0.5, 0.6) is 0 Å². The Kier molecular flexibility index (Phi) is 25.2. The Hall–Kier alpha value is -7.70. The van der Waals surface area contributed by atoms with Gasteiger partial charge in [0.1, 0.15) is 73.2 Å². The number of carbonyl (C=O) groups excluding carboxylic acids is 4. The molecule has 15 atom stereocenters. The van der Waals surface area contributed by atoms with Gasteiger partial charge in [0.2, 0.25) is 11.8 Å². The van der Waals surface area contributed by atoms with Crippen LogP contribution in [-0.4, -0.2) is 194 Å². The van der Waals surface area contributed by atoms with Crippen LogP contribution in [0.2, 0.25) is 0 Å². The van der Waals surface area contributed by atoms with Crippen molar-refractivity contribution < 1.29 is 96.9 Å². The van der Waals surface area contributed by atoms with Crippen LogP contribution in [0.25, 0.3) is 22.0 Å². The third-order valence-electron chi connectivity index (χ3n) is 18.0. The van der Waals surface area contributed by atoms with Gasteiger partial charge in [0, 0.05) is 47.8 Å². The number of aliphatic carboxylic acids is 1. The number of amides is 2. The number of carboxylic acids is 1. The van der Waals surface area contributed by atoms with Crippen molar-refractivity contribution in [1.29, 1.82) is 0 Å². The summed E-state index contributed by atoms with van der Waals surface area (Å²) in [5, 5.41) is 86.7. The molecule has 26 heteroatoms. The van der Waals surface area contributed by atoms with Crippen LogP contribution < -0.4 is 16.0 Å². The zero-order valence-electron chi connectivity index (χ0n) is 53.5. The van der Waals surface area contributed by atoms with Gasteiger partial charge in [0.15, 0.2) is 24.8 Å². The predicted molar refractivity (Wildman–Crippen MR) is 344 cm³/mol. The van der Waals surface area contributed by atoms with Crippen LogP contribution in [-0.2, 0) is 63.6 Å². The Balaban J connectivity index is 0.811. The predicted octanol–water partition coefficient (Wildman–Crippen LogP) is 5.96. The summed E-state index contributed by atoms with van der Waals surface area (Å²) in [5.41, 5.74) is 4.30. The summed E-state index contributed by atoms with van der Waals surface area (Å²) in [6, 6.07) is 32.1. The van der Waals surface area contributed by atoms with Gasteiger partial charge in [0.25, 0.3) is 0 Å². The van der Waals surface area contributed by atoms with Crippen LogP contribution in [0.4, 0.5) is 15.8 Å². The number of carboxylic acid groups (broad SMARTS) is 1. The number of benzene rings is 5. The standard InChI is InChI=1S/C70H85FN6O19/c1-40-28-45-19-9-10-23-50(45)51(29-40)73-35-43-16-11-22-49(30-43)74-59(81)39-90-27-26-89-38-58(80)72-25-13-24-54(79)47-33-53(77-36-52(75-76-77)46-20-12-21-48(71)32-46)64(96-69-63(85)62(84)60(82)41(2)91-69)55(34-47)93-70-66(95-68(88)44-17-7-4-8-18-44)65(61(83)57(37-78)94-70)92-56(67(86)87)31-42-14-5-3-6-15-42/h4,7-12,16-23,28-30,32,36,41-42,47,53,55-57,60-66,69-70,73,78,82-85H,3,5-6,13-15,24-27,31,33-35,37-39H2,1-2H3,(H,72,80)(H,74,81)(H,86,87)/t41?,47?,53?,55?,56-,57?,60?,61?,62?,63?,64?,65?,66?,69?,70?/m0/s1. The molecule has 2 aliphatic carbocycles. The minimum absolute atomic E-state index is 0.00599. The molecule has 9 N–H and O–H groups in total. The van der Waals surface area contributed by atoms with Gasteiger partial charge in [-0.1, -0.05) is 110 Å². The van der Waals surface area contributed by atoms with Gasteiger partial charge in [-0.05, 0) is 104 Å². The van der Waals surface area contributed by atoms with E-state index in [4.69, 9.17) is 37.9 Å². The highest BCUT2D eigenvalue weighted by Crippen LogP contribution is 2.42. The largest absolute Gasteiger partial charge is 0.479 e. The normalized spacial score (nSPS) is 26.5. The number of esters is 1. The smallest absolute Gasteiger partial charge is 0.338 e. The molecule has 3 heterocycles. The number of aromatic nitrogens is 3. The Labute approximate surface area is 554 Å². The second kappa shape index (κ2) is 34.0. The van der Waals surface area contributed by atoms with E-state index in [2.05, 4.69) is 57.5 Å². The quantitative estimate of drug-likeness (QED) is 0.0186. The molecule has 5 aromatic carbocycles. The number of ether oxygens (including phenoxy) is 8. The highest BCUT2D eigenvalue weighted by atomic mass is 19.1. The summed E-state index contributed by atoms with van der Waals surface area (Å²) < 4.78 is 65.3. The zero-order valence-corrected chi connectivity index (χ0v) is 53.5. The van der Waals surface area contributed by atoms with E-state index in [1.54, 1.807) is 30.3 Å². The second-order valence-corrected chi connectivity index (χ2v) is 25.1. The maximum atomic E-state index is 14.7. The number of aryl methyl sites for hydroxylation is 1. The first-order valence-corrected chi connectivity index (χ1v) is 32.7. The first-order valence-electron chi connectivity index (χ1n) is 32.7. The molecule has 2 aliphatic heterocycles. The molecule has 0 spiro atoms. The fourth-order valence-corrected chi connectivity index (χ4v) is 13.0. The first-order chi connectivity index (χ1) is 46.4. The first kappa shape index (κ1) is 71.1. The molecule has 4 fully saturated rings. The highest BCUT2D eigenvalue weighted by Gasteiger charge is 2.55. The van der Waals surface area contributed by atoms with Crippen molar-refractivity contribution in [3.63, 3.8) is 0 Å². The number of hydrogen-bond donors (Lipinski definition) is 9. The lowest BCUT2D eigenvalue weighted by atomic mass is 9.78. The number of carbonyl (C=O) groups is 5. The molecule has 4 aliphatic rings. The van der Waals surface area contributed by atoms with Gasteiger partial charge in [-0.3, -0.25) is 14.4 Å². The SMILES string of the molecule is Cc1cc(NCc2cccc(NC(=O)COCCOCC(=O)NCCCC(=O)C3CC(OC4OC(CO)C(O)C(O[C@@H](CC5CCCCC5)C(=O)O)C4OC(=O)c4ccccc4)C(OC4OC(C)C(O)C(O)C4O)C(n4cc(-c5cccc(F)c5)nn4)C3)c2)c2ccccc2c1. The van der Waals surface area contributed by atoms with E-state index in [-0.39, 0.29) is 93.9 Å². The zero-order chi connectivity index (χ0) is 67.8. The average Bonchev–Trinajstić information content (AvgIpc) is 1.20. The van der Waals surface area contributed by atoms with E-state index >= 15 is 0 Å². The lowest BCUT2D eigenvalue weighted by Gasteiger charge is -2.48. The number of Topliss-reactive ketones (excluding diaryl/α,β-unsaturated/α-hetero) is 1. The van der Waals surface area contributed by atoms with Crippen LogP contribution in [0.15, 0.2) is 121 Å². The van der Waals surface area contributed by atoms with Gasteiger partial charge in [-0.15, -0.1) is 5.10 Å². The fraction of sp³-hybridized carbons (Fsp3) is 0.500. The Morgan fingerprint density at radius 2 is 1.51 bits per heavy atom. The van der Waals surface area contributed by atoms with Crippen molar-refractivity contribution in [3.8, 4) is 11.3 Å². The Morgan fingerprint density at radius 3 is 2.27 bits per heavy atom. The topological polar surface area (TPSA) is 347 Å². The maximum absolute atomic E-state index is 14.7. The van der Waals surface area contributed by atoms with Crippen molar-refractivity contribution in [2.45, 2.75) is 170 Å². The molecule has 14 unspecified atom stereocenters. The Bertz CT molecular complexity index is 3560. The number of ketones is 1. The molecule has 1 aromatic heterocycles. The van der Waals surface area contributed by atoms with Gasteiger partial charge < -0.3 is 84.5 Å². The van der Waals surface area contributed by atoms with Crippen molar-refractivity contribution >= 4 is 51.7 Å². The van der Waals surface area contributed by atoms with E-state index in [1.807, 2.05) is 30.3 Å². The van der Waals surface area contributed by atoms with Crippen molar-refractivity contribution in [3.05, 3.63) is 144 Å². The molecule has 516 valence electrons. The van der Waals surface area contributed by atoms with Crippen molar-refractivity contribution in [1.82, 2.24) is 20.3 Å². The summed E-state index contributed by atoms with van der Waals surface area (Å²) in [7, 11) is 0. The number of aliphatic hydroxyl groups is 5. The molecule has 2 saturated carbocycles. The number of fused-ring (bicyclic) bond motifs is 1. The lowest BCUT2D eigenvalue weighted by Crippen LogP contribution is -2.64. The maximum Gasteiger partial charge on any atom is 0.338 e. The summed E-state index contributed by atoms with van der Waals surface area (Å²) in [5.74, 6) is -5.03. The van der Waals surface area contributed by atoms with Gasteiger partial charge in [0.05, 0.1) is 49.8 Å². The van der Waals surface area contributed by atoms with Gasteiger partial charge >= 0.3 is 11.9 Å². The van der Waals surface area contributed by atoms with Crippen LogP contribution in [0.3, 0.4) is 0 Å². The Morgan fingerprint density at radius 1 is 0.760 bits per heavy atom. The van der Waals surface area contributed by atoms with Crippen LogP contribution >= 0.6 is 0 Å². The number of halogens is 1. The molecule has 10 rings (SSSR count). The van der Waals surface area contributed by atoms with E-state index in [9.17, 15) is 59.0 Å². The fourth-order valence-electron chi connectivity index (χ4n) is 13.0. The number of nitrogens with zero attached hydrogens (tertiary/aromatic N) is 3. The third-order valence-corrected chi connectivity index (χ3v) is 18.0. The minimum atomic E-state index is -1.87. The monoisotopic (exact) mass is 1330 g/mol. The van der Waals surface area contributed by atoms with Crippen LogP contribution in [0.1, 0.15) is 98.7 Å². The summed E-state index contributed by atoms with van der Waals surface area (Å²) in [4.78, 5) is 67.8. The molecule has 2 saturated heterocycles. The number of nitrogens with one attached hydrogen (secondary N) is 3.